The van der Waals surface area contributed by atoms with Crippen molar-refractivity contribution in [3.8, 4) is 11.5 Å². The first-order valence-electron chi connectivity index (χ1n) is 7.71. The molecule has 5 nitrogen and oxygen atoms in total. The van der Waals surface area contributed by atoms with Gasteiger partial charge in [-0.25, -0.2) is 0 Å². The predicted octanol–water partition coefficient (Wildman–Crippen LogP) is 3.56. The average Bonchev–Trinajstić information content (AvgIpc) is 3.02. The van der Waals surface area contributed by atoms with Gasteiger partial charge in [-0.15, -0.1) is 0 Å². The lowest BCUT2D eigenvalue weighted by Crippen LogP contribution is -2.27. The summed E-state index contributed by atoms with van der Waals surface area (Å²) in [5.41, 5.74) is 1.81. The molecule has 1 N–H and O–H groups in total. The van der Waals surface area contributed by atoms with Crippen molar-refractivity contribution in [3.05, 3.63) is 59.9 Å². The Labute approximate surface area is 140 Å². The van der Waals surface area contributed by atoms with E-state index in [2.05, 4.69) is 5.32 Å². The van der Waals surface area contributed by atoms with E-state index in [-0.39, 0.29) is 5.91 Å². The van der Waals surface area contributed by atoms with Crippen LogP contribution in [0.3, 0.4) is 0 Å². The summed E-state index contributed by atoms with van der Waals surface area (Å²) in [6.45, 7) is 2.75. The van der Waals surface area contributed by atoms with E-state index in [1.54, 1.807) is 13.2 Å². The van der Waals surface area contributed by atoms with Crippen molar-refractivity contribution in [2.45, 2.75) is 6.92 Å². The summed E-state index contributed by atoms with van der Waals surface area (Å²) in [5, 5.41) is 3.70. The maximum Gasteiger partial charge on any atom is 0.287 e. The number of carbonyl (C=O) groups is 1. The molecule has 0 radical (unpaired) electrons. The molecule has 1 amide bonds. The van der Waals surface area contributed by atoms with Gasteiger partial charge in [0.15, 0.2) is 5.76 Å². The summed E-state index contributed by atoms with van der Waals surface area (Å²) < 4.78 is 16.2. The Hall–Kier alpha value is -2.95. The van der Waals surface area contributed by atoms with Gasteiger partial charge in [0, 0.05) is 5.39 Å². The van der Waals surface area contributed by atoms with Crippen molar-refractivity contribution >= 4 is 16.9 Å². The van der Waals surface area contributed by atoms with Gasteiger partial charge >= 0.3 is 0 Å². The largest absolute Gasteiger partial charge is 0.497 e. The SMILES string of the molecule is COc1ccc(OCCNC(=O)c2cc3ccc(C)cc3o2)cc1. The monoisotopic (exact) mass is 325 g/mol. The van der Waals surface area contributed by atoms with Crippen LogP contribution in [0.5, 0.6) is 11.5 Å². The summed E-state index contributed by atoms with van der Waals surface area (Å²) >= 11 is 0. The minimum Gasteiger partial charge on any atom is -0.497 e. The second-order valence-corrected chi connectivity index (χ2v) is 5.43. The fourth-order valence-electron chi connectivity index (χ4n) is 2.34. The quantitative estimate of drug-likeness (QED) is 0.704. The highest BCUT2D eigenvalue weighted by Gasteiger charge is 2.11. The van der Waals surface area contributed by atoms with Gasteiger partial charge in [-0.3, -0.25) is 4.79 Å². The first kappa shape index (κ1) is 15.9. The van der Waals surface area contributed by atoms with Crippen LogP contribution in [0.25, 0.3) is 11.0 Å². The molecular formula is C19H19NO4. The van der Waals surface area contributed by atoms with Crippen molar-refractivity contribution in [2.75, 3.05) is 20.3 Å². The number of rotatable bonds is 6. The first-order chi connectivity index (χ1) is 11.7. The number of hydrogen-bond acceptors (Lipinski definition) is 4. The smallest absolute Gasteiger partial charge is 0.287 e. The maximum absolute atomic E-state index is 12.1. The number of carbonyl (C=O) groups excluding carboxylic acids is 1. The molecule has 2 aromatic carbocycles. The van der Waals surface area contributed by atoms with Crippen molar-refractivity contribution in [1.29, 1.82) is 0 Å². The molecule has 5 heteroatoms. The summed E-state index contributed by atoms with van der Waals surface area (Å²) in [6.07, 6.45) is 0. The average molecular weight is 325 g/mol. The van der Waals surface area contributed by atoms with Gasteiger partial charge in [-0.05, 0) is 48.9 Å². The Morgan fingerprint density at radius 1 is 1.08 bits per heavy atom. The second-order valence-electron chi connectivity index (χ2n) is 5.43. The second kappa shape index (κ2) is 7.08. The lowest BCUT2D eigenvalue weighted by molar-refractivity contribution is 0.0921. The third-order valence-electron chi connectivity index (χ3n) is 3.62. The standard InChI is InChI=1S/C19H19NO4/c1-13-3-4-14-12-18(24-17(14)11-13)19(21)20-9-10-23-16-7-5-15(22-2)6-8-16/h3-8,11-12H,9-10H2,1-2H3,(H,20,21). The minimum atomic E-state index is -0.248. The number of amides is 1. The van der Waals surface area contributed by atoms with Crippen molar-refractivity contribution in [1.82, 2.24) is 5.32 Å². The Balaban J connectivity index is 1.51. The van der Waals surface area contributed by atoms with Crippen LogP contribution in [0.1, 0.15) is 16.1 Å². The molecular weight excluding hydrogens is 306 g/mol. The van der Waals surface area contributed by atoms with Crippen LogP contribution in [-0.4, -0.2) is 26.2 Å². The van der Waals surface area contributed by atoms with Crippen LogP contribution in [0, 0.1) is 6.92 Å². The van der Waals surface area contributed by atoms with Gasteiger partial charge in [0.1, 0.15) is 23.7 Å². The molecule has 124 valence electrons. The van der Waals surface area contributed by atoms with Crippen LogP contribution in [0.2, 0.25) is 0 Å². The number of aryl methyl sites for hydroxylation is 1. The van der Waals surface area contributed by atoms with Crippen molar-refractivity contribution < 1.29 is 18.7 Å². The lowest BCUT2D eigenvalue weighted by Gasteiger charge is -2.07. The molecule has 3 aromatic rings. The topological polar surface area (TPSA) is 60.7 Å². The summed E-state index contributed by atoms with van der Waals surface area (Å²) in [7, 11) is 1.62. The summed E-state index contributed by atoms with van der Waals surface area (Å²) in [5.74, 6) is 1.56. The molecule has 0 aliphatic heterocycles. The first-order valence-corrected chi connectivity index (χ1v) is 7.71. The van der Waals surface area contributed by atoms with Crippen molar-refractivity contribution in [3.63, 3.8) is 0 Å². The molecule has 24 heavy (non-hydrogen) atoms. The van der Waals surface area contributed by atoms with E-state index in [1.165, 1.54) is 0 Å². The fourth-order valence-corrected chi connectivity index (χ4v) is 2.34. The third-order valence-corrected chi connectivity index (χ3v) is 3.62. The van der Waals surface area contributed by atoms with E-state index in [4.69, 9.17) is 13.9 Å². The van der Waals surface area contributed by atoms with E-state index in [0.29, 0.717) is 18.9 Å². The Bertz CT molecular complexity index is 836. The predicted molar refractivity (Wildman–Crippen MR) is 91.8 cm³/mol. The molecule has 0 fully saturated rings. The summed E-state index contributed by atoms with van der Waals surface area (Å²) in [4.78, 5) is 12.1. The molecule has 0 saturated heterocycles. The van der Waals surface area contributed by atoms with Crippen LogP contribution in [0.4, 0.5) is 0 Å². The number of fused-ring (bicyclic) bond motifs is 1. The van der Waals surface area contributed by atoms with Crippen LogP contribution >= 0.6 is 0 Å². The van der Waals surface area contributed by atoms with Gasteiger partial charge in [-0.2, -0.15) is 0 Å². The lowest BCUT2D eigenvalue weighted by atomic mass is 10.2. The zero-order valence-electron chi connectivity index (χ0n) is 13.7. The zero-order chi connectivity index (χ0) is 16.9. The highest BCUT2D eigenvalue weighted by Crippen LogP contribution is 2.20. The number of hydrogen-bond donors (Lipinski definition) is 1. The van der Waals surface area contributed by atoms with Gasteiger partial charge in [-0.1, -0.05) is 12.1 Å². The summed E-state index contributed by atoms with van der Waals surface area (Å²) in [6, 6.07) is 14.9. The molecule has 0 spiro atoms. The number of methoxy groups -OCH3 is 1. The normalized spacial score (nSPS) is 10.6. The highest BCUT2D eigenvalue weighted by atomic mass is 16.5. The van der Waals surface area contributed by atoms with Gasteiger partial charge in [0.05, 0.1) is 13.7 Å². The van der Waals surface area contributed by atoms with Crippen LogP contribution in [-0.2, 0) is 0 Å². The van der Waals surface area contributed by atoms with Gasteiger partial charge in [0.2, 0.25) is 0 Å². The molecule has 0 aliphatic rings. The molecule has 3 rings (SSSR count). The number of furan rings is 1. The Morgan fingerprint density at radius 3 is 2.58 bits per heavy atom. The van der Waals surface area contributed by atoms with Gasteiger partial charge in [0.25, 0.3) is 5.91 Å². The van der Waals surface area contributed by atoms with E-state index < -0.39 is 0 Å². The van der Waals surface area contributed by atoms with Gasteiger partial charge < -0.3 is 19.2 Å². The Kier molecular flexibility index (Phi) is 4.70. The molecule has 0 unspecified atom stereocenters. The zero-order valence-corrected chi connectivity index (χ0v) is 13.7. The molecule has 0 saturated carbocycles. The third kappa shape index (κ3) is 3.68. The number of ether oxygens (including phenoxy) is 2. The van der Waals surface area contributed by atoms with E-state index in [1.807, 2.05) is 49.4 Å². The minimum absolute atomic E-state index is 0.248. The molecule has 0 aliphatic carbocycles. The van der Waals surface area contributed by atoms with Crippen molar-refractivity contribution in [2.24, 2.45) is 0 Å². The van der Waals surface area contributed by atoms with E-state index in [9.17, 15) is 4.79 Å². The van der Waals surface area contributed by atoms with Crippen LogP contribution in [0.15, 0.2) is 52.9 Å². The highest BCUT2D eigenvalue weighted by molar-refractivity contribution is 5.96. The number of benzene rings is 2. The number of nitrogens with one attached hydrogen (secondary N) is 1. The molecule has 0 bridgehead atoms. The molecule has 0 atom stereocenters. The van der Waals surface area contributed by atoms with Crippen LogP contribution < -0.4 is 14.8 Å². The van der Waals surface area contributed by atoms with E-state index in [0.717, 1.165) is 28.0 Å². The maximum atomic E-state index is 12.1. The fraction of sp³-hybridized carbons (Fsp3) is 0.211. The Morgan fingerprint density at radius 2 is 1.83 bits per heavy atom. The molecule has 1 aromatic heterocycles. The molecule has 1 heterocycles. The van der Waals surface area contributed by atoms with E-state index >= 15 is 0 Å².